The molecule has 318 valence electrons. The lowest BCUT2D eigenvalue weighted by molar-refractivity contribution is 0.670. The van der Waals surface area contributed by atoms with Crippen molar-refractivity contribution in [2.45, 2.75) is 5.41 Å². The van der Waals surface area contributed by atoms with Gasteiger partial charge in [0.05, 0.1) is 16.8 Å². The molecule has 0 amide bonds. The summed E-state index contributed by atoms with van der Waals surface area (Å²) in [7, 11) is 0. The molecule has 1 aliphatic carbocycles. The first-order valence-corrected chi connectivity index (χ1v) is 23.2. The quantitative estimate of drug-likeness (QED) is 0.153. The molecule has 0 radical (unpaired) electrons. The molecule has 0 spiro atoms. The zero-order chi connectivity index (χ0) is 45.0. The van der Waals surface area contributed by atoms with Gasteiger partial charge in [0.1, 0.15) is 11.2 Å². The van der Waals surface area contributed by atoms with Gasteiger partial charge in [0, 0.05) is 33.0 Å². The molecule has 3 nitrogen and oxygen atoms in total. The molecule has 12 aromatic rings. The second-order valence-corrected chi connectivity index (χ2v) is 17.6. The molecule has 13 rings (SSSR count). The molecule has 0 aliphatic heterocycles. The topological polar surface area (TPSA) is 38.9 Å². The fourth-order valence-corrected chi connectivity index (χ4v) is 10.8. The van der Waals surface area contributed by atoms with Crippen molar-refractivity contribution >= 4 is 21.9 Å². The van der Waals surface area contributed by atoms with Crippen molar-refractivity contribution in [3.05, 3.63) is 277 Å². The van der Waals surface area contributed by atoms with Crippen molar-refractivity contribution in [1.82, 2.24) is 9.97 Å². The highest BCUT2D eigenvalue weighted by Gasteiger charge is 2.46. The molecule has 3 heteroatoms. The van der Waals surface area contributed by atoms with E-state index in [0.29, 0.717) is 5.82 Å². The van der Waals surface area contributed by atoms with E-state index in [1.54, 1.807) is 0 Å². The minimum Gasteiger partial charge on any atom is -0.455 e. The summed E-state index contributed by atoms with van der Waals surface area (Å²) >= 11 is 0. The Morgan fingerprint density at radius 1 is 0.309 bits per heavy atom. The standard InChI is InChI=1S/C65H42N2O/c1-5-21-43(22-6-1)45-39-46(50-33-20-37-58-62(50)56-32-15-17-36-57(56)65(58,48-25-9-3-10-26-48)49-27-11-4-12-28-49)41-47(40-45)59-42-60(67-64(66-59)44-23-7-2-8-24-44)52-30-14-13-29-51(52)54-34-19-35-55-53-31-16-18-38-61(53)68-63(54)55/h1-42H. The van der Waals surface area contributed by atoms with Crippen LogP contribution in [0.25, 0.3) is 100 Å². The molecule has 0 saturated heterocycles. The molecular formula is C65H42N2O. The van der Waals surface area contributed by atoms with Gasteiger partial charge in [-0.3, -0.25) is 0 Å². The summed E-state index contributed by atoms with van der Waals surface area (Å²) in [4.78, 5) is 10.8. The summed E-state index contributed by atoms with van der Waals surface area (Å²) in [6, 6.07) is 91.2. The van der Waals surface area contributed by atoms with E-state index in [4.69, 9.17) is 14.4 Å². The predicted octanol–water partition coefficient (Wildman–Crippen LogP) is 16.7. The minimum atomic E-state index is -0.517. The van der Waals surface area contributed by atoms with E-state index in [-0.39, 0.29) is 0 Å². The van der Waals surface area contributed by atoms with E-state index in [2.05, 4.69) is 224 Å². The molecule has 68 heavy (non-hydrogen) atoms. The number of rotatable bonds is 8. The van der Waals surface area contributed by atoms with Gasteiger partial charge in [0.25, 0.3) is 0 Å². The second-order valence-electron chi connectivity index (χ2n) is 17.6. The molecule has 0 fully saturated rings. The van der Waals surface area contributed by atoms with Crippen LogP contribution in [0.15, 0.2) is 259 Å². The number of aromatic nitrogens is 2. The first kappa shape index (κ1) is 39.4. The van der Waals surface area contributed by atoms with E-state index >= 15 is 0 Å². The summed E-state index contributed by atoms with van der Waals surface area (Å²) in [5, 5.41) is 2.19. The van der Waals surface area contributed by atoms with Crippen molar-refractivity contribution in [3.8, 4) is 78.4 Å². The number of benzene rings is 10. The largest absolute Gasteiger partial charge is 0.455 e. The van der Waals surface area contributed by atoms with Gasteiger partial charge in [-0.15, -0.1) is 0 Å². The molecule has 0 saturated carbocycles. The molecule has 2 heterocycles. The van der Waals surface area contributed by atoms with Gasteiger partial charge in [-0.25, -0.2) is 9.97 Å². The third-order valence-corrected chi connectivity index (χ3v) is 13.8. The Balaban J connectivity index is 1.05. The van der Waals surface area contributed by atoms with Crippen molar-refractivity contribution in [2.24, 2.45) is 0 Å². The first-order chi connectivity index (χ1) is 33.7. The maximum Gasteiger partial charge on any atom is 0.160 e. The van der Waals surface area contributed by atoms with Crippen molar-refractivity contribution < 1.29 is 4.42 Å². The van der Waals surface area contributed by atoms with E-state index in [0.717, 1.165) is 77.8 Å². The predicted molar refractivity (Wildman–Crippen MR) is 279 cm³/mol. The zero-order valence-corrected chi connectivity index (χ0v) is 37.1. The van der Waals surface area contributed by atoms with Crippen LogP contribution in [0.2, 0.25) is 0 Å². The van der Waals surface area contributed by atoms with Crippen LogP contribution in [0.4, 0.5) is 0 Å². The van der Waals surface area contributed by atoms with Gasteiger partial charge in [-0.2, -0.15) is 0 Å². The average molecular weight is 867 g/mol. The molecule has 10 aromatic carbocycles. The summed E-state index contributed by atoms with van der Waals surface area (Å²) < 4.78 is 6.61. The fraction of sp³-hybridized carbons (Fsp3) is 0.0154. The van der Waals surface area contributed by atoms with Crippen LogP contribution in [0, 0.1) is 0 Å². The average Bonchev–Trinajstić information content (AvgIpc) is 3.96. The van der Waals surface area contributed by atoms with Crippen LogP contribution in [-0.2, 0) is 5.41 Å². The Labute approximate surface area is 395 Å². The van der Waals surface area contributed by atoms with E-state index in [9.17, 15) is 0 Å². The number of hydrogen-bond acceptors (Lipinski definition) is 3. The minimum absolute atomic E-state index is 0.517. The lowest BCUT2D eigenvalue weighted by atomic mass is 9.67. The Bertz CT molecular complexity index is 3800. The van der Waals surface area contributed by atoms with Gasteiger partial charge < -0.3 is 4.42 Å². The van der Waals surface area contributed by atoms with Crippen molar-refractivity contribution in [3.63, 3.8) is 0 Å². The van der Waals surface area contributed by atoms with E-state index in [1.807, 2.05) is 30.3 Å². The highest BCUT2D eigenvalue weighted by Crippen LogP contribution is 2.58. The molecule has 0 bridgehead atoms. The molecule has 1 aliphatic rings. The maximum atomic E-state index is 6.61. The van der Waals surface area contributed by atoms with Crippen molar-refractivity contribution in [2.75, 3.05) is 0 Å². The number of fused-ring (bicyclic) bond motifs is 6. The van der Waals surface area contributed by atoms with Gasteiger partial charge >= 0.3 is 0 Å². The Morgan fingerprint density at radius 2 is 0.824 bits per heavy atom. The summed E-state index contributed by atoms with van der Waals surface area (Å²) in [6.45, 7) is 0. The molecule has 2 aromatic heterocycles. The summed E-state index contributed by atoms with van der Waals surface area (Å²) in [5.74, 6) is 0.659. The van der Waals surface area contributed by atoms with Gasteiger partial charge in [-0.1, -0.05) is 224 Å². The Kier molecular flexibility index (Phi) is 9.40. The van der Waals surface area contributed by atoms with Gasteiger partial charge in [0.2, 0.25) is 0 Å². The lowest BCUT2D eigenvalue weighted by Crippen LogP contribution is -2.28. The van der Waals surface area contributed by atoms with Crippen LogP contribution in [0.1, 0.15) is 22.3 Å². The highest BCUT2D eigenvalue weighted by molar-refractivity contribution is 6.10. The monoisotopic (exact) mass is 866 g/mol. The SMILES string of the molecule is c1ccc(-c2cc(-c3cc(-c4ccccc4-c4cccc5c4oc4ccccc45)nc(-c4ccccc4)n3)cc(-c3cccc4c3-c3ccccc3C4(c3ccccc3)c3ccccc3)c2)cc1. The number of para-hydroxylation sites is 2. The lowest BCUT2D eigenvalue weighted by Gasteiger charge is -2.34. The zero-order valence-electron chi connectivity index (χ0n) is 37.1. The van der Waals surface area contributed by atoms with E-state index < -0.39 is 5.41 Å². The van der Waals surface area contributed by atoms with Gasteiger partial charge in [0.15, 0.2) is 5.82 Å². The summed E-state index contributed by atoms with van der Waals surface area (Å²) in [5.41, 5.74) is 19.9. The third kappa shape index (κ3) is 6.35. The maximum absolute atomic E-state index is 6.61. The smallest absolute Gasteiger partial charge is 0.160 e. The van der Waals surface area contributed by atoms with E-state index in [1.165, 1.54) is 38.9 Å². The molecule has 0 atom stereocenters. The van der Waals surface area contributed by atoms with Crippen LogP contribution in [0.3, 0.4) is 0 Å². The fourth-order valence-electron chi connectivity index (χ4n) is 10.8. The van der Waals surface area contributed by atoms with Crippen LogP contribution >= 0.6 is 0 Å². The number of hydrogen-bond donors (Lipinski definition) is 0. The second kappa shape index (κ2) is 16.2. The molecule has 0 N–H and O–H groups in total. The summed E-state index contributed by atoms with van der Waals surface area (Å²) in [6.07, 6.45) is 0. The molecular weight excluding hydrogens is 825 g/mol. The van der Waals surface area contributed by atoms with Gasteiger partial charge in [-0.05, 0) is 91.5 Å². The first-order valence-electron chi connectivity index (χ1n) is 23.2. The Morgan fingerprint density at radius 3 is 1.57 bits per heavy atom. The number of nitrogens with zero attached hydrogens (tertiary/aromatic N) is 2. The molecule has 0 unspecified atom stereocenters. The third-order valence-electron chi connectivity index (χ3n) is 13.8. The Hall–Kier alpha value is -8.92. The normalized spacial score (nSPS) is 12.5. The van der Waals surface area contributed by atoms with Crippen LogP contribution in [0.5, 0.6) is 0 Å². The number of furan rings is 1. The van der Waals surface area contributed by atoms with Crippen LogP contribution in [-0.4, -0.2) is 9.97 Å². The van der Waals surface area contributed by atoms with Crippen molar-refractivity contribution in [1.29, 1.82) is 0 Å². The van der Waals surface area contributed by atoms with Crippen LogP contribution < -0.4 is 0 Å². The highest BCUT2D eigenvalue weighted by atomic mass is 16.3.